The van der Waals surface area contributed by atoms with Crippen LogP contribution >= 0.6 is 0 Å². The number of aromatic nitrogens is 2. The summed E-state index contributed by atoms with van der Waals surface area (Å²) in [6, 6.07) is 17.5. The molecule has 0 aliphatic heterocycles. The van der Waals surface area contributed by atoms with Gasteiger partial charge in [0.25, 0.3) is 5.56 Å². The molecule has 0 atom stereocenters. The Labute approximate surface area is 157 Å². The summed E-state index contributed by atoms with van der Waals surface area (Å²) >= 11 is 0. The third-order valence-corrected chi connectivity index (χ3v) is 4.70. The van der Waals surface area contributed by atoms with E-state index >= 15 is 0 Å². The molecule has 2 aromatic heterocycles. The van der Waals surface area contributed by atoms with Gasteiger partial charge < -0.3 is 9.72 Å². The Bertz CT molecular complexity index is 1180. The van der Waals surface area contributed by atoms with E-state index in [1.165, 1.54) is 5.56 Å². The molecule has 27 heavy (non-hydrogen) atoms. The van der Waals surface area contributed by atoms with Crippen LogP contribution in [0.1, 0.15) is 18.1 Å². The Morgan fingerprint density at radius 1 is 1.04 bits per heavy atom. The van der Waals surface area contributed by atoms with E-state index in [1.807, 2.05) is 49.4 Å². The van der Waals surface area contributed by atoms with Crippen molar-refractivity contribution >= 4 is 10.9 Å². The largest absolute Gasteiger partial charge is 0.456 e. The molecule has 4 aromatic rings. The first-order chi connectivity index (χ1) is 13.2. The Morgan fingerprint density at radius 3 is 2.70 bits per heavy atom. The Morgan fingerprint density at radius 2 is 1.93 bits per heavy atom. The predicted octanol–water partition coefficient (Wildman–Crippen LogP) is 5.25. The van der Waals surface area contributed by atoms with E-state index in [-0.39, 0.29) is 5.56 Å². The van der Waals surface area contributed by atoms with E-state index in [2.05, 4.69) is 29.0 Å². The maximum atomic E-state index is 12.1. The Hall–Kier alpha value is -3.40. The number of pyridine rings is 2. The highest BCUT2D eigenvalue weighted by molar-refractivity contribution is 5.89. The maximum Gasteiger partial charge on any atom is 0.255 e. The molecule has 2 heterocycles. The van der Waals surface area contributed by atoms with Gasteiger partial charge in [0, 0.05) is 23.3 Å². The fourth-order valence-electron chi connectivity index (χ4n) is 3.19. The van der Waals surface area contributed by atoms with Gasteiger partial charge in [-0.25, -0.2) is 0 Å². The molecular formula is C23H20N2O2. The molecule has 0 radical (unpaired) electrons. The van der Waals surface area contributed by atoms with E-state index in [1.54, 1.807) is 12.4 Å². The summed E-state index contributed by atoms with van der Waals surface area (Å²) in [5, 5.41) is 0.872. The molecule has 0 aliphatic carbocycles. The summed E-state index contributed by atoms with van der Waals surface area (Å²) in [5.74, 6) is 1.55. The summed E-state index contributed by atoms with van der Waals surface area (Å²) in [5.41, 5.74) is 4.54. The highest BCUT2D eigenvalue weighted by Gasteiger charge is 2.10. The summed E-state index contributed by atoms with van der Waals surface area (Å²) in [7, 11) is 0. The summed E-state index contributed by atoms with van der Waals surface area (Å²) in [4.78, 5) is 19.3. The van der Waals surface area contributed by atoms with Crippen molar-refractivity contribution in [2.24, 2.45) is 0 Å². The SMILES string of the molecule is CCc1ccc(Oc2ccnc3ccc(-c4ccc[nH]c4=O)cc23)c(C)c1. The van der Waals surface area contributed by atoms with Crippen LogP contribution in [-0.4, -0.2) is 9.97 Å². The molecule has 4 nitrogen and oxygen atoms in total. The first-order valence-electron chi connectivity index (χ1n) is 9.00. The van der Waals surface area contributed by atoms with Gasteiger partial charge in [0.15, 0.2) is 0 Å². The monoisotopic (exact) mass is 356 g/mol. The second-order valence-corrected chi connectivity index (χ2v) is 6.51. The van der Waals surface area contributed by atoms with E-state index in [0.29, 0.717) is 5.56 Å². The van der Waals surface area contributed by atoms with Crippen LogP contribution in [0.3, 0.4) is 0 Å². The second kappa shape index (κ2) is 7.08. The highest BCUT2D eigenvalue weighted by Crippen LogP contribution is 2.33. The normalized spacial score (nSPS) is 10.9. The van der Waals surface area contributed by atoms with Gasteiger partial charge in [-0.2, -0.15) is 0 Å². The van der Waals surface area contributed by atoms with E-state index in [4.69, 9.17) is 4.74 Å². The van der Waals surface area contributed by atoms with Crippen molar-refractivity contribution in [3.8, 4) is 22.6 Å². The van der Waals surface area contributed by atoms with Gasteiger partial charge in [0.2, 0.25) is 0 Å². The van der Waals surface area contributed by atoms with Crippen LogP contribution in [-0.2, 0) is 6.42 Å². The predicted molar refractivity (Wildman–Crippen MR) is 108 cm³/mol. The molecule has 0 fully saturated rings. The third kappa shape index (κ3) is 3.34. The lowest BCUT2D eigenvalue weighted by Crippen LogP contribution is -2.06. The Balaban J connectivity index is 1.80. The molecular weight excluding hydrogens is 336 g/mol. The fourth-order valence-corrected chi connectivity index (χ4v) is 3.19. The molecule has 4 rings (SSSR count). The Kier molecular flexibility index (Phi) is 4.47. The quantitative estimate of drug-likeness (QED) is 0.543. The van der Waals surface area contributed by atoms with Crippen LogP contribution in [0.5, 0.6) is 11.5 Å². The van der Waals surface area contributed by atoms with Crippen LogP contribution in [0.15, 0.2) is 71.8 Å². The zero-order valence-corrected chi connectivity index (χ0v) is 15.3. The third-order valence-electron chi connectivity index (χ3n) is 4.70. The minimum Gasteiger partial charge on any atom is -0.456 e. The fraction of sp³-hybridized carbons (Fsp3) is 0.130. The number of ether oxygens (including phenoxy) is 1. The number of rotatable bonds is 4. The number of aromatic amines is 1. The minimum atomic E-state index is -0.116. The van der Waals surface area contributed by atoms with Gasteiger partial charge in [-0.15, -0.1) is 0 Å². The number of aryl methyl sites for hydroxylation is 2. The number of hydrogen-bond acceptors (Lipinski definition) is 3. The van der Waals surface area contributed by atoms with E-state index in [9.17, 15) is 4.79 Å². The lowest BCUT2D eigenvalue weighted by Gasteiger charge is -2.12. The van der Waals surface area contributed by atoms with Crippen molar-refractivity contribution in [3.05, 3.63) is 88.5 Å². The zero-order chi connectivity index (χ0) is 18.8. The van der Waals surface area contributed by atoms with Gasteiger partial charge in [-0.3, -0.25) is 9.78 Å². The number of fused-ring (bicyclic) bond motifs is 1. The molecule has 0 unspecified atom stereocenters. The average Bonchev–Trinajstić information content (AvgIpc) is 2.70. The van der Waals surface area contributed by atoms with Gasteiger partial charge in [-0.05, 0) is 66.4 Å². The molecule has 1 N–H and O–H groups in total. The molecule has 2 aromatic carbocycles. The number of H-pyrrole nitrogens is 1. The number of nitrogens with one attached hydrogen (secondary N) is 1. The van der Waals surface area contributed by atoms with Crippen molar-refractivity contribution in [3.63, 3.8) is 0 Å². The van der Waals surface area contributed by atoms with E-state index in [0.717, 1.165) is 39.9 Å². The molecule has 0 spiro atoms. The second-order valence-electron chi connectivity index (χ2n) is 6.51. The van der Waals surface area contributed by atoms with Gasteiger partial charge >= 0.3 is 0 Å². The van der Waals surface area contributed by atoms with Crippen molar-refractivity contribution in [1.29, 1.82) is 0 Å². The van der Waals surface area contributed by atoms with Crippen LogP contribution in [0.4, 0.5) is 0 Å². The molecule has 0 saturated heterocycles. The highest BCUT2D eigenvalue weighted by atomic mass is 16.5. The van der Waals surface area contributed by atoms with Crippen LogP contribution < -0.4 is 10.3 Å². The molecule has 0 amide bonds. The van der Waals surface area contributed by atoms with Crippen LogP contribution in [0, 0.1) is 6.92 Å². The van der Waals surface area contributed by atoms with Gasteiger partial charge in [0.05, 0.1) is 5.52 Å². The number of hydrogen-bond donors (Lipinski definition) is 1. The lowest BCUT2D eigenvalue weighted by atomic mass is 10.0. The molecule has 4 heteroatoms. The van der Waals surface area contributed by atoms with Crippen molar-refractivity contribution in [2.45, 2.75) is 20.3 Å². The summed E-state index contributed by atoms with van der Waals surface area (Å²) < 4.78 is 6.22. The van der Waals surface area contributed by atoms with E-state index < -0.39 is 0 Å². The van der Waals surface area contributed by atoms with Crippen molar-refractivity contribution in [1.82, 2.24) is 9.97 Å². The topological polar surface area (TPSA) is 55.0 Å². The molecule has 0 bridgehead atoms. The summed E-state index contributed by atoms with van der Waals surface area (Å²) in [6.45, 7) is 4.19. The standard InChI is InChI=1S/C23H20N2O2/c1-3-16-6-9-21(15(2)13-16)27-22-10-12-24-20-8-7-17(14-19(20)22)18-5-4-11-25-23(18)26/h4-14H,3H2,1-2H3,(H,25,26). The maximum absolute atomic E-state index is 12.1. The summed E-state index contributed by atoms with van der Waals surface area (Å²) in [6.07, 6.45) is 4.36. The van der Waals surface area contributed by atoms with Gasteiger partial charge in [-0.1, -0.05) is 25.1 Å². The lowest BCUT2D eigenvalue weighted by molar-refractivity contribution is 0.484. The first kappa shape index (κ1) is 17.0. The molecule has 0 aliphatic rings. The molecule has 0 saturated carbocycles. The van der Waals surface area contributed by atoms with Crippen molar-refractivity contribution in [2.75, 3.05) is 0 Å². The smallest absolute Gasteiger partial charge is 0.255 e. The first-order valence-corrected chi connectivity index (χ1v) is 9.00. The zero-order valence-electron chi connectivity index (χ0n) is 15.3. The van der Waals surface area contributed by atoms with Crippen molar-refractivity contribution < 1.29 is 4.74 Å². The van der Waals surface area contributed by atoms with Crippen LogP contribution in [0.2, 0.25) is 0 Å². The van der Waals surface area contributed by atoms with Crippen LogP contribution in [0.25, 0.3) is 22.0 Å². The number of nitrogens with zero attached hydrogens (tertiary/aromatic N) is 1. The average molecular weight is 356 g/mol. The number of benzene rings is 2. The van der Waals surface area contributed by atoms with Gasteiger partial charge in [0.1, 0.15) is 11.5 Å². The minimum absolute atomic E-state index is 0.116. The molecule has 134 valence electrons.